The molecule has 112 valence electrons. The number of hydrogen-bond donors (Lipinski definition) is 0. The summed E-state index contributed by atoms with van der Waals surface area (Å²) in [6.07, 6.45) is 11.4. The van der Waals surface area contributed by atoms with E-state index >= 15 is 0 Å². The molecule has 0 atom stereocenters. The SMILES string of the molecule is CC(C)(C)OC(=O)CCCCCCCCCCC=O. The van der Waals surface area contributed by atoms with Crippen LogP contribution < -0.4 is 0 Å². The summed E-state index contributed by atoms with van der Waals surface area (Å²) in [6, 6.07) is 0. The zero-order chi connectivity index (χ0) is 14.6. The van der Waals surface area contributed by atoms with Crippen LogP contribution in [-0.2, 0) is 14.3 Å². The first-order chi connectivity index (χ1) is 8.95. The number of carbonyl (C=O) groups excluding carboxylic acids is 2. The first-order valence-electron chi connectivity index (χ1n) is 7.61. The number of aldehydes is 1. The van der Waals surface area contributed by atoms with Crippen LogP contribution >= 0.6 is 0 Å². The van der Waals surface area contributed by atoms with Crippen LogP contribution in [0, 0.1) is 0 Å². The fourth-order valence-corrected chi connectivity index (χ4v) is 1.95. The molecular formula is C16H30O3. The van der Waals surface area contributed by atoms with E-state index in [2.05, 4.69) is 0 Å². The van der Waals surface area contributed by atoms with Crippen molar-refractivity contribution in [1.29, 1.82) is 0 Å². The van der Waals surface area contributed by atoms with E-state index in [0.717, 1.165) is 32.0 Å². The lowest BCUT2D eigenvalue weighted by Crippen LogP contribution is -2.23. The second kappa shape index (κ2) is 11.0. The Hall–Kier alpha value is -0.860. The van der Waals surface area contributed by atoms with Crippen LogP contribution in [0.1, 0.15) is 85.0 Å². The third-order valence-electron chi connectivity index (χ3n) is 2.87. The van der Waals surface area contributed by atoms with E-state index < -0.39 is 0 Å². The maximum absolute atomic E-state index is 11.4. The van der Waals surface area contributed by atoms with Gasteiger partial charge in [0.25, 0.3) is 0 Å². The van der Waals surface area contributed by atoms with Gasteiger partial charge in [-0.2, -0.15) is 0 Å². The predicted octanol–water partition coefficient (Wildman–Crippen LogP) is 4.43. The van der Waals surface area contributed by atoms with Crippen molar-refractivity contribution in [2.24, 2.45) is 0 Å². The van der Waals surface area contributed by atoms with Crippen molar-refractivity contribution in [2.75, 3.05) is 0 Å². The number of hydrogen-bond acceptors (Lipinski definition) is 3. The monoisotopic (exact) mass is 270 g/mol. The molecule has 0 unspecified atom stereocenters. The van der Waals surface area contributed by atoms with E-state index in [1.165, 1.54) is 25.7 Å². The van der Waals surface area contributed by atoms with Gasteiger partial charge in [0.1, 0.15) is 11.9 Å². The van der Waals surface area contributed by atoms with Crippen molar-refractivity contribution in [3.63, 3.8) is 0 Å². The highest BCUT2D eigenvalue weighted by Crippen LogP contribution is 2.13. The van der Waals surface area contributed by atoms with Crippen LogP contribution in [0.5, 0.6) is 0 Å². The quantitative estimate of drug-likeness (QED) is 0.317. The molecule has 0 radical (unpaired) electrons. The summed E-state index contributed by atoms with van der Waals surface area (Å²) in [6.45, 7) is 5.69. The smallest absolute Gasteiger partial charge is 0.306 e. The lowest BCUT2D eigenvalue weighted by Gasteiger charge is -2.19. The average molecular weight is 270 g/mol. The van der Waals surface area contributed by atoms with Crippen molar-refractivity contribution in [3.8, 4) is 0 Å². The van der Waals surface area contributed by atoms with Crippen molar-refractivity contribution >= 4 is 12.3 Å². The van der Waals surface area contributed by atoms with Gasteiger partial charge >= 0.3 is 5.97 Å². The number of rotatable bonds is 11. The molecule has 0 aliphatic rings. The van der Waals surface area contributed by atoms with Gasteiger partial charge in [-0.1, -0.05) is 38.5 Å². The fraction of sp³-hybridized carbons (Fsp3) is 0.875. The Bertz CT molecular complexity index is 241. The van der Waals surface area contributed by atoms with Gasteiger partial charge in [0.2, 0.25) is 0 Å². The molecule has 0 rings (SSSR count). The minimum Gasteiger partial charge on any atom is -0.460 e. The van der Waals surface area contributed by atoms with Gasteiger partial charge in [-0.3, -0.25) is 4.79 Å². The zero-order valence-corrected chi connectivity index (χ0v) is 12.9. The summed E-state index contributed by atoms with van der Waals surface area (Å²) >= 11 is 0. The van der Waals surface area contributed by atoms with Crippen LogP contribution in [0.3, 0.4) is 0 Å². The molecule has 0 aliphatic carbocycles. The molecule has 3 heteroatoms. The van der Waals surface area contributed by atoms with E-state index in [4.69, 9.17) is 4.74 Å². The maximum Gasteiger partial charge on any atom is 0.306 e. The molecule has 0 bridgehead atoms. The molecule has 0 aliphatic heterocycles. The molecule has 0 saturated carbocycles. The van der Waals surface area contributed by atoms with Crippen molar-refractivity contribution < 1.29 is 14.3 Å². The van der Waals surface area contributed by atoms with Crippen molar-refractivity contribution in [1.82, 2.24) is 0 Å². The molecular weight excluding hydrogens is 240 g/mol. The van der Waals surface area contributed by atoms with Gasteiger partial charge in [-0.15, -0.1) is 0 Å². The van der Waals surface area contributed by atoms with Crippen LogP contribution in [0.15, 0.2) is 0 Å². The third-order valence-corrected chi connectivity index (χ3v) is 2.87. The maximum atomic E-state index is 11.4. The molecule has 0 aromatic heterocycles. The minimum atomic E-state index is -0.362. The first-order valence-corrected chi connectivity index (χ1v) is 7.61. The van der Waals surface area contributed by atoms with E-state index in [1.54, 1.807) is 0 Å². The summed E-state index contributed by atoms with van der Waals surface area (Å²) in [5.74, 6) is -0.0821. The van der Waals surface area contributed by atoms with Crippen LogP contribution in [0.4, 0.5) is 0 Å². The topological polar surface area (TPSA) is 43.4 Å². The minimum absolute atomic E-state index is 0.0821. The van der Waals surface area contributed by atoms with Gasteiger partial charge in [0.15, 0.2) is 0 Å². The Morgan fingerprint density at radius 1 is 0.895 bits per heavy atom. The number of carbonyl (C=O) groups is 2. The molecule has 0 spiro atoms. The van der Waals surface area contributed by atoms with E-state index in [-0.39, 0.29) is 11.6 Å². The van der Waals surface area contributed by atoms with E-state index in [9.17, 15) is 9.59 Å². The van der Waals surface area contributed by atoms with Crippen molar-refractivity contribution in [3.05, 3.63) is 0 Å². The standard InChI is InChI=1S/C16H30O3/c1-16(2,3)19-15(18)13-11-9-7-5-4-6-8-10-12-14-17/h14H,4-13H2,1-3H3. The molecule has 0 N–H and O–H groups in total. The van der Waals surface area contributed by atoms with E-state index in [1.807, 2.05) is 20.8 Å². The summed E-state index contributed by atoms with van der Waals surface area (Å²) in [4.78, 5) is 21.6. The lowest BCUT2D eigenvalue weighted by molar-refractivity contribution is -0.154. The second-order valence-electron chi connectivity index (χ2n) is 6.12. The van der Waals surface area contributed by atoms with Crippen LogP contribution in [-0.4, -0.2) is 17.9 Å². The molecule has 0 amide bonds. The molecule has 0 aromatic carbocycles. The number of unbranched alkanes of at least 4 members (excludes halogenated alkanes) is 8. The Labute approximate surface area is 118 Å². The molecule has 3 nitrogen and oxygen atoms in total. The highest BCUT2D eigenvalue weighted by Gasteiger charge is 2.15. The summed E-state index contributed by atoms with van der Waals surface area (Å²) in [5.41, 5.74) is -0.362. The second-order valence-corrected chi connectivity index (χ2v) is 6.12. The van der Waals surface area contributed by atoms with Gasteiger partial charge in [-0.25, -0.2) is 0 Å². The molecule has 19 heavy (non-hydrogen) atoms. The zero-order valence-electron chi connectivity index (χ0n) is 12.9. The summed E-state index contributed by atoms with van der Waals surface area (Å²) in [5, 5.41) is 0. The normalized spacial score (nSPS) is 11.3. The van der Waals surface area contributed by atoms with E-state index in [0.29, 0.717) is 12.8 Å². The van der Waals surface area contributed by atoms with Gasteiger partial charge in [0.05, 0.1) is 0 Å². The first kappa shape index (κ1) is 18.1. The van der Waals surface area contributed by atoms with Crippen LogP contribution in [0.2, 0.25) is 0 Å². The number of ether oxygens (including phenoxy) is 1. The Kier molecular flexibility index (Phi) is 10.5. The predicted molar refractivity (Wildman–Crippen MR) is 78.1 cm³/mol. The highest BCUT2D eigenvalue weighted by atomic mass is 16.6. The third kappa shape index (κ3) is 15.1. The van der Waals surface area contributed by atoms with Gasteiger partial charge < -0.3 is 9.53 Å². The highest BCUT2D eigenvalue weighted by molar-refractivity contribution is 5.69. The Morgan fingerprint density at radius 3 is 1.84 bits per heavy atom. The average Bonchev–Trinajstić information content (AvgIpc) is 2.29. The van der Waals surface area contributed by atoms with Gasteiger partial charge in [-0.05, 0) is 33.6 Å². The summed E-state index contributed by atoms with van der Waals surface area (Å²) < 4.78 is 5.25. The molecule has 0 fully saturated rings. The largest absolute Gasteiger partial charge is 0.460 e. The fourth-order valence-electron chi connectivity index (χ4n) is 1.95. The lowest BCUT2D eigenvalue weighted by atomic mass is 10.1. The summed E-state index contributed by atoms with van der Waals surface area (Å²) in [7, 11) is 0. The Balaban J connectivity index is 3.23. The number of esters is 1. The molecule has 0 saturated heterocycles. The van der Waals surface area contributed by atoms with Crippen LogP contribution in [0.25, 0.3) is 0 Å². The van der Waals surface area contributed by atoms with Gasteiger partial charge in [0, 0.05) is 12.8 Å². The van der Waals surface area contributed by atoms with Crippen molar-refractivity contribution in [2.45, 2.75) is 90.6 Å². The molecule has 0 aromatic rings. The Morgan fingerprint density at radius 2 is 1.37 bits per heavy atom. The molecule has 0 heterocycles.